The van der Waals surface area contributed by atoms with Gasteiger partial charge in [-0.25, -0.2) is 9.59 Å². The zero-order valence-electron chi connectivity index (χ0n) is 24.3. The molecular weight excluding hydrogens is 508 g/mol. The van der Waals surface area contributed by atoms with E-state index in [1.165, 1.54) is 12.0 Å². The van der Waals surface area contributed by atoms with E-state index >= 15 is 0 Å². The van der Waals surface area contributed by atoms with Gasteiger partial charge in [-0.2, -0.15) is 0 Å². The Balaban J connectivity index is 1.95. The number of allylic oxidation sites excluding steroid dienone is 1. The fraction of sp³-hybridized carbons (Fsp3) is 0.469. The molecule has 1 N–H and O–H groups in total. The molecule has 1 aliphatic rings. The van der Waals surface area contributed by atoms with Crippen LogP contribution in [0.2, 0.25) is 0 Å². The molecule has 2 aromatic rings. The third-order valence-electron chi connectivity index (χ3n) is 7.52. The summed E-state index contributed by atoms with van der Waals surface area (Å²) in [5.41, 5.74) is 0.0994. The van der Waals surface area contributed by atoms with Gasteiger partial charge in [-0.3, -0.25) is 4.79 Å². The summed E-state index contributed by atoms with van der Waals surface area (Å²) < 4.78 is 16.6. The Kier molecular flexibility index (Phi) is 10.1. The van der Waals surface area contributed by atoms with Crippen LogP contribution in [0.3, 0.4) is 0 Å². The fourth-order valence-electron chi connectivity index (χ4n) is 5.23. The molecule has 0 aromatic heterocycles. The number of nitrogens with one attached hydrogen (secondary N) is 1. The Morgan fingerprint density at radius 3 is 2.50 bits per heavy atom. The number of nitrogens with zero attached hydrogens (tertiary/aromatic N) is 1. The van der Waals surface area contributed by atoms with Gasteiger partial charge in [-0.05, 0) is 58.7 Å². The molecule has 3 rings (SSSR count). The van der Waals surface area contributed by atoms with E-state index in [2.05, 4.69) is 18.5 Å². The standard InChI is InChI=1S/C32H42N2O6/c1-8-10-11-14-17-40-30(37)33-27(31(3,4)5)28(35)34-21-32(39-7,20-26(34)29(36)38-6)24-18-22(9-2)25-16-13-12-15-23(25)19-24/h8-9,12-13,15-16,18-19,26-27H,1-2,10-11,14,17,20-21H2,3-7H3,(H,33,37)/t26-,27+,32-/m0/s1. The maximum atomic E-state index is 14.1. The van der Waals surface area contributed by atoms with E-state index < -0.39 is 41.1 Å². The summed E-state index contributed by atoms with van der Waals surface area (Å²) in [5.74, 6) is -0.954. The molecule has 1 fully saturated rings. The van der Waals surface area contributed by atoms with Crippen molar-refractivity contribution in [2.24, 2.45) is 5.41 Å². The topological polar surface area (TPSA) is 94.2 Å². The third kappa shape index (κ3) is 6.73. The Bertz CT molecular complexity index is 1250. The van der Waals surface area contributed by atoms with Crippen LogP contribution in [0.5, 0.6) is 0 Å². The minimum Gasteiger partial charge on any atom is -0.467 e. The largest absolute Gasteiger partial charge is 0.467 e. The lowest BCUT2D eigenvalue weighted by atomic mass is 9.85. The van der Waals surface area contributed by atoms with Crippen molar-refractivity contribution >= 4 is 34.8 Å². The number of hydrogen-bond acceptors (Lipinski definition) is 6. The first kappa shape index (κ1) is 30.9. The van der Waals surface area contributed by atoms with Crippen LogP contribution in [0.1, 0.15) is 57.6 Å². The van der Waals surface area contributed by atoms with Crippen molar-refractivity contribution in [2.75, 3.05) is 27.4 Å². The van der Waals surface area contributed by atoms with Gasteiger partial charge in [0.15, 0.2) is 0 Å². The minimum absolute atomic E-state index is 0.0991. The molecule has 0 unspecified atom stereocenters. The van der Waals surface area contributed by atoms with Crippen LogP contribution in [-0.4, -0.2) is 62.3 Å². The first-order chi connectivity index (χ1) is 19.0. The number of esters is 1. The lowest BCUT2D eigenvalue weighted by Crippen LogP contribution is -2.57. The van der Waals surface area contributed by atoms with Crippen molar-refractivity contribution in [2.45, 2.75) is 64.1 Å². The Morgan fingerprint density at radius 2 is 1.88 bits per heavy atom. The van der Waals surface area contributed by atoms with E-state index in [0.29, 0.717) is 6.42 Å². The van der Waals surface area contributed by atoms with Crippen LogP contribution in [0.15, 0.2) is 55.6 Å². The van der Waals surface area contributed by atoms with Crippen LogP contribution in [-0.2, 0) is 29.4 Å². The Hall–Kier alpha value is -3.65. The molecule has 40 heavy (non-hydrogen) atoms. The number of methoxy groups -OCH3 is 2. The van der Waals surface area contributed by atoms with Crippen LogP contribution in [0, 0.1) is 5.41 Å². The summed E-state index contributed by atoms with van der Waals surface area (Å²) in [6.07, 6.45) is 5.51. The predicted octanol–water partition coefficient (Wildman–Crippen LogP) is 5.60. The van der Waals surface area contributed by atoms with Gasteiger partial charge in [0.25, 0.3) is 0 Å². The minimum atomic E-state index is -0.982. The molecule has 3 atom stereocenters. The molecule has 1 aliphatic heterocycles. The maximum Gasteiger partial charge on any atom is 0.407 e. The molecular formula is C32H42N2O6. The average Bonchev–Trinajstić information content (AvgIpc) is 3.35. The van der Waals surface area contributed by atoms with Crippen molar-refractivity contribution in [3.05, 3.63) is 66.8 Å². The summed E-state index contributed by atoms with van der Waals surface area (Å²) in [6, 6.07) is 10.1. The monoisotopic (exact) mass is 550 g/mol. The summed E-state index contributed by atoms with van der Waals surface area (Å²) in [7, 11) is 2.88. The molecule has 1 heterocycles. The Labute approximate surface area is 237 Å². The van der Waals surface area contributed by atoms with Gasteiger partial charge in [-0.15, -0.1) is 6.58 Å². The highest BCUT2D eigenvalue weighted by molar-refractivity contribution is 5.93. The zero-order chi connectivity index (χ0) is 29.5. The van der Waals surface area contributed by atoms with Crippen molar-refractivity contribution in [3.8, 4) is 0 Å². The summed E-state index contributed by atoms with van der Waals surface area (Å²) in [5, 5.41) is 4.79. The molecule has 1 saturated heterocycles. The van der Waals surface area contributed by atoms with Crippen molar-refractivity contribution in [1.82, 2.24) is 10.2 Å². The van der Waals surface area contributed by atoms with Crippen LogP contribution in [0.4, 0.5) is 4.79 Å². The van der Waals surface area contributed by atoms with Gasteiger partial charge in [0.1, 0.15) is 17.7 Å². The maximum absolute atomic E-state index is 14.1. The number of carbonyl (C=O) groups is 3. The second-order valence-electron chi connectivity index (χ2n) is 11.3. The summed E-state index contributed by atoms with van der Waals surface area (Å²) in [4.78, 5) is 41.3. The summed E-state index contributed by atoms with van der Waals surface area (Å²) in [6.45, 7) is 13.6. The number of fused-ring (bicyclic) bond motifs is 1. The van der Waals surface area contributed by atoms with Gasteiger partial charge < -0.3 is 24.4 Å². The van der Waals surface area contributed by atoms with Gasteiger partial charge in [0.2, 0.25) is 5.91 Å². The number of alkyl carbamates (subject to hydrolysis) is 1. The van der Waals surface area contributed by atoms with Gasteiger partial charge in [-0.1, -0.05) is 63.8 Å². The normalized spacial score (nSPS) is 19.6. The summed E-state index contributed by atoms with van der Waals surface area (Å²) >= 11 is 0. The molecule has 8 heteroatoms. The SMILES string of the molecule is C=CCCCCOC(=O)N[C@H](C(=O)N1C[C@](OC)(c2cc(C=C)c3ccccc3c2)C[C@H]1C(=O)OC)C(C)(C)C. The second kappa shape index (κ2) is 13.1. The number of amides is 2. The molecule has 0 radical (unpaired) electrons. The van der Waals surface area contributed by atoms with E-state index in [1.807, 2.05) is 63.2 Å². The van der Waals surface area contributed by atoms with E-state index in [4.69, 9.17) is 14.2 Å². The van der Waals surface area contributed by atoms with E-state index in [9.17, 15) is 14.4 Å². The number of likely N-dealkylation sites (tertiary alicyclic amines) is 1. The number of hydrogen-bond donors (Lipinski definition) is 1. The lowest BCUT2D eigenvalue weighted by molar-refractivity contribution is -0.152. The quantitative estimate of drug-likeness (QED) is 0.223. The van der Waals surface area contributed by atoms with E-state index in [-0.39, 0.29) is 19.6 Å². The molecule has 2 aromatic carbocycles. The van der Waals surface area contributed by atoms with Gasteiger partial charge >= 0.3 is 12.1 Å². The highest BCUT2D eigenvalue weighted by atomic mass is 16.5. The first-order valence-corrected chi connectivity index (χ1v) is 13.6. The molecule has 0 bridgehead atoms. The highest BCUT2D eigenvalue weighted by Crippen LogP contribution is 2.42. The zero-order valence-corrected chi connectivity index (χ0v) is 24.3. The van der Waals surface area contributed by atoms with E-state index in [1.54, 1.807) is 13.2 Å². The molecule has 0 saturated carbocycles. The lowest BCUT2D eigenvalue weighted by Gasteiger charge is -2.35. The number of unbranched alkanes of at least 4 members (excludes halogenated alkanes) is 2. The molecule has 8 nitrogen and oxygen atoms in total. The van der Waals surface area contributed by atoms with Crippen molar-refractivity contribution in [3.63, 3.8) is 0 Å². The fourth-order valence-corrected chi connectivity index (χ4v) is 5.23. The molecule has 0 spiro atoms. The number of carbonyl (C=O) groups excluding carboxylic acids is 3. The second-order valence-corrected chi connectivity index (χ2v) is 11.3. The highest BCUT2D eigenvalue weighted by Gasteiger charge is 2.53. The van der Waals surface area contributed by atoms with E-state index in [0.717, 1.165) is 34.7 Å². The first-order valence-electron chi connectivity index (χ1n) is 13.6. The number of ether oxygens (including phenoxy) is 3. The number of benzene rings is 2. The molecule has 0 aliphatic carbocycles. The third-order valence-corrected chi connectivity index (χ3v) is 7.52. The Morgan fingerprint density at radius 1 is 1.15 bits per heavy atom. The molecule has 2 amide bonds. The van der Waals surface area contributed by atoms with Crippen molar-refractivity contribution in [1.29, 1.82) is 0 Å². The predicted molar refractivity (Wildman–Crippen MR) is 157 cm³/mol. The molecule has 216 valence electrons. The van der Waals surface area contributed by atoms with Crippen LogP contribution in [0.25, 0.3) is 16.8 Å². The van der Waals surface area contributed by atoms with Crippen LogP contribution < -0.4 is 5.32 Å². The van der Waals surface area contributed by atoms with Gasteiger partial charge in [0, 0.05) is 13.5 Å². The van der Waals surface area contributed by atoms with Crippen LogP contribution >= 0.6 is 0 Å². The number of rotatable bonds is 11. The smallest absolute Gasteiger partial charge is 0.407 e. The van der Waals surface area contributed by atoms with Crippen molar-refractivity contribution < 1.29 is 28.6 Å². The average molecular weight is 551 g/mol. The van der Waals surface area contributed by atoms with Gasteiger partial charge in [0.05, 0.1) is 20.3 Å².